The zero-order valence-electron chi connectivity index (χ0n) is 22.0. The molecule has 1 saturated heterocycles. The van der Waals surface area contributed by atoms with E-state index in [2.05, 4.69) is 29.6 Å². The van der Waals surface area contributed by atoms with E-state index in [0.717, 1.165) is 18.5 Å². The number of ether oxygens (including phenoxy) is 1. The van der Waals surface area contributed by atoms with Crippen LogP contribution in [0.3, 0.4) is 0 Å². The minimum atomic E-state index is -0.947. The van der Waals surface area contributed by atoms with Crippen LogP contribution in [-0.4, -0.2) is 53.7 Å². The molecule has 6 nitrogen and oxygen atoms in total. The zero-order chi connectivity index (χ0) is 26.9. The molecule has 1 aliphatic carbocycles. The van der Waals surface area contributed by atoms with E-state index in [4.69, 9.17) is 17.0 Å². The van der Waals surface area contributed by atoms with Crippen molar-refractivity contribution >= 4 is 34.9 Å². The lowest BCUT2D eigenvalue weighted by Gasteiger charge is -2.34. The molecule has 38 heavy (non-hydrogen) atoms. The highest BCUT2D eigenvalue weighted by atomic mass is 32.1. The summed E-state index contributed by atoms with van der Waals surface area (Å²) in [5.74, 6) is -0.112. The molecule has 1 N–H and O–H groups in total. The average Bonchev–Trinajstić information content (AvgIpc) is 3.55. The van der Waals surface area contributed by atoms with E-state index in [1.54, 1.807) is 16.8 Å². The van der Waals surface area contributed by atoms with Crippen LogP contribution in [0.1, 0.15) is 43.7 Å². The molecule has 3 aromatic carbocycles. The fourth-order valence-electron chi connectivity index (χ4n) is 5.57. The summed E-state index contributed by atoms with van der Waals surface area (Å²) in [6.07, 6.45) is 1.19. The molecule has 1 aliphatic heterocycles. The van der Waals surface area contributed by atoms with Crippen molar-refractivity contribution in [2.75, 3.05) is 25.1 Å². The summed E-state index contributed by atoms with van der Waals surface area (Å²) in [6.45, 7) is 4.46. The molecular weight excluding hydrogens is 494 g/mol. The van der Waals surface area contributed by atoms with Gasteiger partial charge in [-0.05, 0) is 61.1 Å². The number of amides is 2. The first-order chi connectivity index (χ1) is 18.3. The van der Waals surface area contributed by atoms with Gasteiger partial charge < -0.3 is 15.0 Å². The summed E-state index contributed by atoms with van der Waals surface area (Å²) in [5, 5.41) is 3.25. The number of fused-ring (bicyclic) bond motifs is 3. The van der Waals surface area contributed by atoms with E-state index < -0.39 is 5.54 Å². The van der Waals surface area contributed by atoms with Crippen molar-refractivity contribution in [1.82, 2.24) is 10.2 Å². The van der Waals surface area contributed by atoms with Crippen molar-refractivity contribution in [3.8, 4) is 11.1 Å². The van der Waals surface area contributed by atoms with Crippen LogP contribution in [0.2, 0.25) is 0 Å². The lowest BCUT2D eigenvalue weighted by molar-refractivity contribution is -0.122. The Kier molecular flexibility index (Phi) is 7.21. The van der Waals surface area contributed by atoms with Gasteiger partial charge in [0, 0.05) is 25.2 Å². The second-order valence-electron chi connectivity index (χ2n) is 10.5. The summed E-state index contributed by atoms with van der Waals surface area (Å²) in [5.41, 5.74) is 4.61. The lowest BCUT2D eigenvalue weighted by Crippen LogP contribution is -2.58. The van der Waals surface area contributed by atoms with Crippen LogP contribution in [-0.2, 0) is 9.53 Å². The molecular formula is C31H33N3O3S. The van der Waals surface area contributed by atoms with Gasteiger partial charge >= 0.3 is 6.09 Å². The Morgan fingerprint density at radius 2 is 1.55 bits per heavy atom. The Morgan fingerprint density at radius 1 is 0.974 bits per heavy atom. The van der Waals surface area contributed by atoms with Gasteiger partial charge in [-0.3, -0.25) is 9.69 Å². The third-order valence-electron chi connectivity index (χ3n) is 7.54. The van der Waals surface area contributed by atoms with E-state index in [1.165, 1.54) is 22.3 Å². The quantitative estimate of drug-likeness (QED) is 0.413. The zero-order valence-corrected chi connectivity index (χ0v) is 22.8. The number of hydrogen-bond acceptors (Lipinski definition) is 4. The second-order valence-corrected chi connectivity index (χ2v) is 10.9. The third-order valence-corrected chi connectivity index (χ3v) is 7.92. The molecule has 1 fully saturated rings. The van der Waals surface area contributed by atoms with Gasteiger partial charge in [0.2, 0.25) is 0 Å². The summed E-state index contributed by atoms with van der Waals surface area (Å²) < 4.78 is 5.90. The average molecular weight is 528 g/mol. The van der Waals surface area contributed by atoms with Crippen LogP contribution < -0.4 is 10.2 Å². The predicted molar refractivity (Wildman–Crippen MR) is 154 cm³/mol. The van der Waals surface area contributed by atoms with E-state index in [0.29, 0.717) is 11.5 Å². The van der Waals surface area contributed by atoms with Crippen LogP contribution in [0, 0.1) is 0 Å². The van der Waals surface area contributed by atoms with Gasteiger partial charge in [-0.15, -0.1) is 0 Å². The van der Waals surface area contributed by atoms with Gasteiger partial charge in [0.15, 0.2) is 0 Å². The molecule has 0 saturated carbocycles. The first-order valence-electron chi connectivity index (χ1n) is 13.0. The van der Waals surface area contributed by atoms with Gasteiger partial charge in [-0.1, -0.05) is 78.9 Å². The largest absolute Gasteiger partial charge is 0.448 e. The molecule has 0 radical (unpaired) electrons. The molecule has 0 unspecified atom stereocenters. The molecule has 2 amide bonds. The fraction of sp³-hybridized carbons (Fsp3) is 0.323. The molecule has 7 heteroatoms. The molecule has 0 spiro atoms. The Morgan fingerprint density at radius 3 is 2.18 bits per heavy atom. The monoisotopic (exact) mass is 527 g/mol. The van der Waals surface area contributed by atoms with Crippen molar-refractivity contribution in [2.24, 2.45) is 0 Å². The van der Waals surface area contributed by atoms with E-state index >= 15 is 0 Å². The summed E-state index contributed by atoms with van der Waals surface area (Å²) in [4.78, 5) is 30.4. The Balaban J connectivity index is 1.24. The van der Waals surface area contributed by atoms with Crippen LogP contribution >= 0.6 is 12.2 Å². The van der Waals surface area contributed by atoms with Crippen LogP contribution in [0.25, 0.3) is 11.1 Å². The number of likely N-dealkylation sites (tertiary alicyclic amines) is 1. The highest BCUT2D eigenvalue weighted by molar-refractivity contribution is 7.80. The summed E-state index contributed by atoms with van der Waals surface area (Å²) >= 11 is 5.74. The van der Waals surface area contributed by atoms with Crippen molar-refractivity contribution in [3.63, 3.8) is 0 Å². The second kappa shape index (κ2) is 10.6. The highest BCUT2D eigenvalue weighted by Crippen LogP contribution is 2.44. The number of para-hydroxylation sites is 1. The number of rotatable bonds is 6. The number of hydrogen-bond donors (Lipinski definition) is 1. The van der Waals surface area contributed by atoms with Crippen LogP contribution in [0.4, 0.5) is 10.5 Å². The summed E-state index contributed by atoms with van der Waals surface area (Å²) in [7, 11) is 1.75. The number of nitrogens with one attached hydrogen (secondary N) is 1. The number of thiocarbonyl (C=S) groups is 1. The first-order valence-corrected chi connectivity index (χ1v) is 13.5. The lowest BCUT2D eigenvalue weighted by atomic mass is 9.98. The maximum atomic E-state index is 13.3. The number of carbonyl (C=O) groups is 2. The minimum absolute atomic E-state index is 0.00237. The van der Waals surface area contributed by atoms with Gasteiger partial charge in [-0.2, -0.15) is 0 Å². The Bertz CT molecular complexity index is 1310. The smallest absolute Gasteiger partial charge is 0.410 e. The minimum Gasteiger partial charge on any atom is -0.448 e. The topological polar surface area (TPSA) is 61.9 Å². The van der Waals surface area contributed by atoms with Gasteiger partial charge in [0.25, 0.3) is 5.91 Å². The van der Waals surface area contributed by atoms with Crippen molar-refractivity contribution in [1.29, 1.82) is 0 Å². The number of carbonyl (C=O) groups excluding carboxylic acids is 2. The highest BCUT2D eigenvalue weighted by Gasteiger charge is 2.38. The molecule has 0 bridgehead atoms. The molecule has 5 rings (SSSR count). The van der Waals surface area contributed by atoms with Crippen LogP contribution in [0.15, 0.2) is 78.9 Å². The number of benzene rings is 3. The Hall–Kier alpha value is -3.71. The molecule has 0 aromatic heterocycles. The number of anilines is 1. The van der Waals surface area contributed by atoms with Gasteiger partial charge in [0.1, 0.15) is 12.1 Å². The van der Waals surface area contributed by atoms with E-state index in [1.807, 2.05) is 68.4 Å². The maximum Gasteiger partial charge on any atom is 0.410 e. The normalized spacial score (nSPS) is 16.5. The fourth-order valence-corrected chi connectivity index (χ4v) is 6.07. The van der Waals surface area contributed by atoms with Gasteiger partial charge in [0.05, 0.1) is 11.0 Å². The third kappa shape index (κ3) is 4.90. The van der Waals surface area contributed by atoms with Crippen molar-refractivity contribution in [3.05, 3.63) is 90.0 Å². The summed E-state index contributed by atoms with van der Waals surface area (Å²) in [6, 6.07) is 25.8. The molecule has 2 aliphatic rings. The first kappa shape index (κ1) is 25.9. The standard InChI is InChI=1S/C31H33N3O3S/c1-31(2,29(35)33(3)21-12-5-4-6-13-21)32-28(38)27-18-11-19-34(27)30(36)37-20-26-24-16-9-7-14-22(24)23-15-8-10-17-25(23)26/h4-10,12-17,26-27H,11,18-20H2,1-3H3,(H,32,38)/t27-/m1/s1. The molecule has 196 valence electrons. The number of nitrogens with zero attached hydrogens (tertiary/aromatic N) is 2. The van der Waals surface area contributed by atoms with Gasteiger partial charge in [-0.25, -0.2) is 4.79 Å². The maximum absolute atomic E-state index is 13.3. The van der Waals surface area contributed by atoms with Crippen molar-refractivity contribution < 1.29 is 14.3 Å². The molecule has 1 heterocycles. The predicted octanol–water partition coefficient (Wildman–Crippen LogP) is 5.76. The number of likely N-dealkylation sites (N-methyl/N-ethyl adjacent to an activating group) is 1. The molecule has 3 aromatic rings. The van der Waals surface area contributed by atoms with Crippen LogP contribution in [0.5, 0.6) is 0 Å². The van der Waals surface area contributed by atoms with E-state index in [9.17, 15) is 9.59 Å². The molecule has 1 atom stereocenters. The Labute approximate surface area is 229 Å². The van der Waals surface area contributed by atoms with E-state index in [-0.39, 0.29) is 30.6 Å². The van der Waals surface area contributed by atoms with Crippen molar-refractivity contribution in [2.45, 2.75) is 44.2 Å². The SMILES string of the molecule is CN(C(=O)C(C)(C)NC(=S)[C@H]1CCCN1C(=O)OCC1c2ccccc2-c2ccccc21)c1ccccc1.